The summed E-state index contributed by atoms with van der Waals surface area (Å²) in [5, 5.41) is 0. The quantitative estimate of drug-likeness (QED) is 0.486. The Morgan fingerprint density at radius 2 is 2.00 bits per heavy atom. The zero-order valence-electron chi connectivity index (χ0n) is 12.2. The summed E-state index contributed by atoms with van der Waals surface area (Å²) in [6.07, 6.45) is 4.55. The lowest BCUT2D eigenvalue weighted by molar-refractivity contribution is -0.144. The maximum Gasteiger partial charge on any atom is 0.306 e. The number of ether oxygens (including phenoxy) is 1. The minimum Gasteiger partial charge on any atom is -0.466 e. The van der Waals surface area contributed by atoms with Gasteiger partial charge in [0.2, 0.25) is 5.91 Å². The zero-order chi connectivity index (χ0) is 14.7. The fourth-order valence-corrected chi connectivity index (χ4v) is 1.84. The number of hydrogen-bond acceptors (Lipinski definition) is 4. The first-order chi connectivity index (χ1) is 9.04. The van der Waals surface area contributed by atoms with E-state index in [0.717, 1.165) is 12.8 Å². The molecule has 0 aromatic carbocycles. The van der Waals surface area contributed by atoms with Crippen molar-refractivity contribution in [2.45, 2.75) is 46.5 Å². The van der Waals surface area contributed by atoms with E-state index in [1.165, 1.54) is 0 Å². The molecule has 0 rings (SSSR count). The molecule has 0 aliphatic carbocycles. The summed E-state index contributed by atoms with van der Waals surface area (Å²) < 4.78 is 4.94. The number of amides is 1. The second-order valence-electron chi connectivity index (χ2n) is 4.60. The SMILES string of the molecule is CCC[C@@H](CN=CC(CC)C(N)=O)CC(=O)OCC. The number of hydrogen-bond donors (Lipinski definition) is 1. The Bertz CT molecular complexity index is 303. The number of aliphatic imine (C=N–C) groups is 1. The summed E-state index contributed by atoms with van der Waals surface area (Å²) in [6.45, 7) is 6.70. The van der Waals surface area contributed by atoms with Gasteiger partial charge in [-0.05, 0) is 25.7 Å². The molecule has 2 N–H and O–H groups in total. The Hall–Kier alpha value is -1.39. The largest absolute Gasteiger partial charge is 0.466 e. The van der Waals surface area contributed by atoms with Crippen molar-refractivity contribution in [3.8, 4) is 0 Å². The normalized spacial score (nSPS) is 14.3. The molecule has 110 valence electrons. The van der Waals surface area contributed by atoms with Crippen LogP contribution in [0.4, 0.5) is 0 Å². The molecular weight excluding hydrogens is 244 g/mol. The minimum atomic E-state index is -0.358. The summed E-state index contributed by atoms with van der Waals surface area (Å²) in [5.74, 6) is -0.683. The van der Waals surface area contributed by atoms with E-state index in [1.54, 1.807) is 13.1 Å². The number of nitrogens with two attached hydrogens (primary N) is 1. The molecule has 0 saturated carbocycles. The van der Waals surface area contributed by atoms with Crippen molar-refractivity contribution >= 4 is 18.1 Å². The van der Waals surface area contributed by atoms with Crippen LogP contribution in [-0.2, 0) is 14.3 Å². The van der Waals surface area contributed by atoms with E-state index in [2.05, 4.69) is 11.9 Å². The highest BCUT2D eigenvalue weighted by atomic mass is 16.5. The first-order valence-electron chi connectivity index (χ1n) is 6.99. The summed E-state index contributed by atoms with van der Waals surface area (Å²) in [6, 6.07) is 0. The molecule has 0 aliphatic rings. The van der Waals surface area contributed by atoms with Crippen molar-refractivity contribution in [2.24, 2.45) is 22.6 Å². The van der Waals surface area contributed by atoms with Gasteiger partial charge < -0.3 is 10.5 Å². The highest BCUT2D eigenvalue weighted by Crippen LogP contribution is 2.13. The first kappa shape index (κ1) is 17.6. The standard InChI is InChI=1S/C14H26N2O3/c1-4-7-11(8-13(17)19-6-3)9-16-10-12(5-2)14(15)18/h10-12H,4-9H2,1-3H3,(H2,15,18)/t11-,12?/m1/s1. The molecule has 1 unspecified atom stereocenters. The van der Waals surface area contributed by atoms with E-state index in [4.69, 9.17) is 10.5 Å². The summed E-state index contributed by atoms with van der Waals surface area (Å²) >= 11 is 0. The molecule has 0 heterocycles. The van der Waals surface area contributed by atoms with Crippen LogP contribution in [0.2, 0.25) is 0 Å². The van der Waals surface area contributed by atoms with Crippen molar-refractivity contribution in [3.05, 3.63) is 0 Å². The van der Waals surface area contributed by atoms with Gasteiger partial charge in [0.1, 0.15) is 0 Å². The van der Waals surface area contributed by atoms with Crippen LogP contribution in [0, 0.1) is 11.8 Å². The number of esters is 1. The van der Waals surface area contributed by atoms with Crippen LogP contribution < -0.4 is 5.73 Å². The van der Waals surface area contributed by atoms with Gasteiger partial charge in [0, 0.05) is 12.8 Å². The molecule has 0 bridgehead atoms. The second-order valence-corrected chi connectivity index (χ2v) is 4.60. The van der Waals surface area contributed by atoms with Crippen molar-refractivity contribution in [1.82, 2.24) is 0 Å². The van der Waals surface area contributed by atoms with Gasteiger partial charge in [-0.15, -0.1) is 0 Å². The van der Waals surface area contributed by atoms with E-state index in [-0.39, 0.29) is 23.7 Å². The summed E-state index contributed by atoms with van der Waals surface area (Å²) in [5.41, 5.74) is 5.24. The molecule has 5 nitrogen and oxygen atoms in total. The predicted octanol–water partition coefficient (Wildman–Crippen LogP) is 1.94. The van der Waals surface area contributed by atoms with Crippen LogP contribution in [0.3, 0.4) is 0 Å². The molecule has 1 amide bonds. The molecule has 5 heteroatoms. The van der Waals surface area contributed by atoms with Crippen LogP contribution >= 0.6 is 0 Å². The monoisotopic (exact) mass is 270 g/mol. The van der Waals surface area contributed by atoms with Crippen LogP contribution in [0.5, 0.6) is 0 Å². The number of carbonyl (C=O) groups is 2. The Labute approximate surface area is 115 Å². The molecule has 0 radical (unpaired) electrons. The second kappa shape index (κ2) is 10.5. The lowest BCUT2D eigenvalue weighted by atomic mass is 10.00. The van der Waals surface area contributed by atoms with Crippen LogP contribution in [0.15, 0.2) is 4.99 Å². The molecule has 0 aliphatic heterocycles. The van der Waals surface area contributed by atoms with Crippen molar-refractivity contribution in [3.63, 3.8) is 0 Å². The molecule has 0 fully saturated rings. The summed E-state index contributed by atoms with van der Waals surface area (Å²) in [4.78, 5) is 26.8. The number of nitrogens with zero attached hydrogens (tertiary/aromatic N) is 1. The maximum atomic E-state index is 11.4. The van der Waals surface area contributed by atoms with E-state index < -0.39 is 0 Å². The van der Waals surface area contributed by atoms with Crippen molar-refractivity contribution in [1.29, 1.82) is 0 Å². The van der Waals surface area contributed by atoms with Crippen molar-refractivity contribution < 1.29 is 14.3 Å². The molecule has 0 spiro atoms. The van der Waals surface area contributed by atoms with Gasteiger partial charge in [0.25, 0.3) is 0 Å². The fraction of sp³-hybridized carbons (Fsp3) is 0.786. The lowest BCUT2D eigenvalue weighted by Gasteiger charge is -2.13. The Morgan fingerprint density at radius 3 is 2.47 bits per heavy atom. The highest BCUT2D eigenvalue weighted by Gasteiger charge is 2.14. The van der Waals surface area contributed by atoms with Gasteiger partial charge in [0.15, 0.2) is 0 Å². The van der Waals surface area contributed by atoms with Crippen LogP contribution in [-0.4, -0.2) is 31.2 Å². The predicted molar refractivity (Wildman–Crippen MR) is 76.0 cm³/mol. The van der Waals surface area contributed by atoms with Gasteiger partial charge in [-0.2, -0.15) is 0 Å². The van der Waals surface area contributed by atoms with Gasteiger partial charge in [-0.1, -0.05) is 20.3 Å². The minimum absolute atomic E-state index is 0.172. The fourth-order valence-electron chi connectivity index (χ4n) is 1.84. The van der Waals surface area contributed by atoms with Crippen LogP contribution in [0.1, 0.15) is 46.5 Å². The molecule has 19 heavy (non-hydrogen) atoms. The maximum absolute atomic E-state index is 11.4. The number of primary amides is 1. The third-order valence-electron chi connectivity index (χ3n) is 2.91. The molecule has 0 aromatic heterocycles. The smallest absolute Gasteiger partial charge is 0.306 e. The van der Waals surface area contributed by atoms with Crippen molar-refractivity contribution in [2.75, 3.05) is 13.2 Å². The Kier molecular flexibility index (Phi) is 9.75. The topological polar surface area (TPSA) is 81.8 Å². The van der Waals surface area contributed by atoms with Gasteiger partial charge in [-0.25, -0.2) is 0 Å². The van der Waals surface area contributed by atoms with E-state index in [1.807, 2.05) is 6.92 Å². The average Bonchev–Trinajstić information content (AvgIpc) is 2.34. The first-order valence-corrected chi connectivity index (χ1v) is 6.99. The third kappa shape index (κ3) is 8.35. The number of carbonyl (C=O) groups excluding carboxylic acids is 2. The molecule has 0 saturated heterocycles. The molecular formula is C14H26N2O3. The molecule has 0 aromatic rings. The third-order valence-corrected chi connectivity index (χ3v) is 2.91. The van der Waals surface area contributed by atoms with E-state index in [9.17, 15) is 9.59 Å². The van der Waals surface area contributed by atoms with Gasteiger partial charge >= 0.3 is 5.97 Å². The molecule has 2 atom stereocenters. The number of rotatable bonds is 10. The average molecular weight is 270 g/mol. The Morgan fingerprint density at radius 1 is 1.32 bits per heavy atom. The van der Waals surface area contributed by atoms with E-state index >= 15 is 0 Å². The van der Waals surface area contributed by atoms with Gasteiger partial charge in [0.05, 0.1) is 18.9 Å². The Balaban J connectivity index is 4.30. The summed E-state index contributed by atoms with van der Waals surface area (Å²) in [7, 11) is 0. The lowest BCUT2D eigenvalue weighted by Crippen LogP contribution is -2.24. The zero-order valence-corrected chi connectivity index (χ0v) is 12.2. The van der Waals surface area contributed by atoms with Crippen LogP contribution in [0.25, 0.3) is 0 Å². The van der Waals surface area contributed by atoms with Gasteiger partial charge in [-0.3, -0.25) is 14.6 Å². The van der Waals surface area contributed by atoms with E-state index in [0.29, 0.717) is 26.0 Å². The highest BCUT2D eigenvalue weighted by molar-refractivity contribution is 5.92.